The normalized spacial score (nSPS) is 16.9. The van der Waals surface area contributed by atoms with Gasteiger partial charge in [0.1, 0.15) is 34.3 Å². The monoisotopic (exact) mass is 690 g/mol. The number of pyridine rings is 1. The highest BCUT2D eigenvalue weighted by Crippen LogP contribution is 2.44. The molecule has 3 N–H and O–H groups in total. The molecule has 1 aromatic heterocycles. The molecule has 1 atom stereocenters. The zero-order chi connectivity index (χ0) is 36.4. The molecular weight excluding hydrogens is 646 g/mol. The van der Waals surface area contributed by atoms with Crippen LogP contribution in [0.4, 0.5) is 19.3 Å². The summed E-state index contributed by atoms with van der Waals surface area (Å²) in [6.45, 7) is 9.52. The van der Waals surface area contributed by atoms with Crippen molar-refractivity contribution in [2.45, 2.75) is 96.9 Å². The molecule has 15 heteroatoms. The average Bonchev–Trinajstić information content (AvgIpc) is 3.82. The lowest BCUT2D eigenvalue weighted by Gasteiger charge is -2.33. The van der Waals surface area contributed by atoms with Crippen molar-refractivity contribution in [3.05, 3.63) is 45.3 Å². The van der Waals surface area contributed by atoms with Crippen molar-refractivity contribution in [2.75, 3.05) is 31.6 Å². The minimum atomic E-state index is -1.42. The number of carboxylic acid groups (broad SMARTS) is 1. The number of esters is 1. The molecule has 2 aromatic rings. The van der Waals surface area contributed by atoms with E-state index in [0.717, 1.165) is 18.9 Å². The number of methoxy groups -OCH3 is 1. The molecule has 1 aromatic carbocycles. The summed E-state index contributed by atoms with van der Waals surface area (Å²) >= 11 is 0. The van der Waals surface area contributed by atoms with Gasteiger partial charge < -0.3 is 39.4 Å². The molecular formula is C34H44F2N4O9. The predicted octanol–water partition coefficient (Wildman–Crippen LogP) is 4.75. The fourth-order valence-corrected chi connectivity index (χ4v) is 5.63. The number of carbonyl (C=O) groups is 4. The lowest BCUT2D eigenvalue weighted by Crippen LogP contribution is -2.50. The lowest BCUT2D eigenvalue weighted by molar-refractivity contribution is -0.156. The fourth-order valence-electron chi connectivity index (χ4n) is 5.63. The molecule has 13 nitrogen and oxygen atoms in total. The first-order valence-electron chi connectivity index (χ1n) is 16.1. The lowest BCUT2D eigenvalue weighted by atomic mass is 10.0. The Balaban J connectivity index is 1.58. The van der Waals surface area contributed by atoms with Gasteiger partial charge in [-0.3, -0.25) is 14.4 Å². The number of amides is 2. The Hall–Kier alpha value is -4.69. The maximum Gasteiger partial charge on any atom is 0.408 e. The standard InChI is InChI=1S/C34H44F2N4O9/c1-33(2,3)48-25(41)14-24(38-32(46)49-34(4,5)6)30(43)37-15-23(36)18-9-8-12-39(16-18)27-22(35)13-20-26(29(27)47-7)40(19-10-11-19)17-21(28(20)42)31(44)45/h13,17,19,24H,8-12,14-16H2,1-7H3,(H,37,43)(H,38,46)(H,44,45)/b23-18+. The number of carbonyl (C=O) groups excluding carboxylic acids is 3. The number of hydrogen-bond donors (Lipinski definition) is 3. The van der Waals surface area contributed by atoms with E-state index in [1.807, 2.05) is 0 Å². The van der Waals surface area contributed by atoms with Crippen molar-refractivity contribution in [3.63, 3.8) is 0 Å². The van der Waals surface area contributed by atoms with Crippen LogP contribution < -0.4 is 25.7 Å². The van der Waals surface area contributed by atoms with E-state index in [1.165, 1.54) is 13.3 Å². The maximum atomic E-state index is 15.8. The van der Waals surface area contributed by atoms with Gasteiger partial charge >= 0.3 is 18.0 Å². The quantitative estimate of drug-likeness (QED) is 0.297. The second-order valence-corrected chi connectivity index (χ2v) is 14.2. The van der Waals surface area contributed by atoms with E-state index in [9.17, 15) is 29.1 Å². The molecule has 2 heterocycles. The number of nitrogens with one attached hydrogen (secondary N) is 2. The van der Waals surface area contributed by atoms with E-state index in [4.69, 9.17) is 14.2 Å². The Morgan fingerprint density at radius 3 is 2.31 bits per heavy atom. The Kier molecular flexibility index (Phi) is 10.9. The number of hydrogen-bond acceptors (Lipinski definition) is 9. The Bertz CT molecular complexity index is 1710. The first-order valence-corrected chi connectivity index (χ1v) is 16.1. The number of halogens is 2. The van der Waals surface area contributed by atoms with Crippen LogP contribution >= 0.6 is 0 Å². The molecule has 49 heavy (non-hydrogen) atoms. The number of carboxylic acids is 1. The van der Waals surface area contributed by atoms with Crippen LogP contribution in [0.5, 0.6) is 5.75 Å². The molecule has 1 saturated heterocycles. The van der Waals surface area contributed by atoms with Gasteiger partial charge in [-0.1, -0.05) is 0 Å². The summed E-state index contributed by atoms with van der Waals surface area (Å²) in [4.78, 5) is 64.5. The van der Waals surface area contributed by atoms with E-state index >= 15 is 8.78 Å². The minimum Gasteiger partial charge on any atom is -0.492 e. The minimum absolute atomic E-state index is 0.0000963. The van der Waals surface area contributed by atoms with Crippen LogP contribution in [0.1, 0.15) is 90.0 Å². The summed E-state index contributed by atoms with van der Waals surface area (Å²) in [5.74, 6) is -4.52. The zero-order valence-electron chi connectivity index (χ0n) is 28.8. The SMILES string of the molecule is COc1c(N2CCC/C(=C(\F)CNC(=O)C(CC(=O)OC(C)(C)C)NC(=O)OC(C)(C)C)C2)c(F)cc2c(=O)c(C(=O)O)cn(C3CC3)c12. The summed E-state index contributed by atoms with van der Waals surface area (Å²) in [5.41, 5.74) is -2.51. The predicted molar refractivity (Wildman–Crippen MR) is 176 cm³/mol. The zero-order valence-corrected chi connectivity index (χ0v) is 28.8. The van der Waals surface area contributed by atoms with Gasteiger partial charge in [0, 0.05) is 25.3 Å². The molecule has 268 valence electrons. The van der Waals surface area contributed by atoms with Crippen LogP contribution in [0, 0.1) is 5.82 Å². The molecule has 2 amide bonds. The molecule has 4 rings (SSSR count). The molecule has 0 bridgehead atoms. The highest BCUT2D eigenvalue weighted by Gasteiger charge is 2.33. The van der Waals surface area contributed by atoms with Crippen molar-refractivity contribution in [2.24, 2.45) is 0 Å². The van der Waals surface area contributed by atoms with Crippen molar-refractivity contribution >= 4 is 40.5 Å². The third kappa shape index (κ3) is 9.27. The number of aromatic carboxylic acids is 1. The van der Waals surface area contributed by atoms with Gasteiger partial charge in [-0.05, 0) is 78.9 Å². The van der Waals surface area contributed by atoms with Crippen molar-refractivity contribution in [1.29, 1.82) is 0 Å². The first kappa shape index (κ1) is 37.1. The van der Waals surface area contributed by atoms with Gasteiger partial charge in [0.15, 0.2) is 11.6 Å². The number of ether oxygens (including phenoxy) is 3. The van der Waals surface area contributed by atoms with Crippen LogP contribution in [-0.4, -0.2) is 77.6 Å². The summed E-state index contributed by atoms with van der Waals surface area (Å²) in [7, 11) is 1.32. The fraction of sp³-hybridized carbons (Fsp3) is 0.559. The Morgan fingerprint density at radius 2 is 1.73 bits per heavy atom. The number of benzene rings is 1. The van der Waals surface area contributed by atoms with Gasteiger partial charge in [0.2, 0.25) is 11.3 Å². The van der Waals surface area contributed by atoms with Crippen LogP contribution in [-0.2, 0) is 19.1 Å². The largest absolute Gasteiger partial charge is 0.492 e. The highest BCUT2D eigenvalue weighted by molar-refractivity contribution is 5.97. The number of anilines is 1. The molecule has 1 aliphatic heterocycles. The summed E-state index contributed by atoms with van der Waals surface area (Å²) in [6.07, 6.45) is 1.99. The average molecular weight is 691 g/mol. The topological polar surface area (TPSA) is 166 Å². The second kappa shape index (κ2) is 14.4. The third-order valence-electron chi connectivity index (χ3n) is 7.78. The molecule has 1 unspecified atom stereocenters. The van der Waals surface area contributed by atoms with E-state index in [2.05, 4.69) is 10.6 Å². The molecule has 0 radical (unpaired) electrons. The highest BCUT2D eigenvalue weighted by atomic mass is 19.1. The first-order chi connectivity index (χ1) is 22.8. The van der Waals surface area contributed by atoms with Crippen molar-refractivity contribution in [1.82, 2.24) is 15.2 Å². The van der Waals surface area contributed by atoms with Gasteiger partial charge in [0.05, 0.1) is 31.0 Å². The Labute approximate surface area is 282 Å². The number of aromatic nitrogens is 1. The Morgan fingerprint density at radius 1 is 1.08 bits per heavy atom. The summed E-state index contributed by atoms with van der Waals surface area (Å²) in [6, 6.07) is -0.514. The summed E-state index contributed by atoms with van der Waals surface area (Å²) < 4.78 is 49.3. The molecule has 1 aliphatic carbocycles. The number of fused-ring (bicyclic) bond motifs is 1. The smallest absolute Gasteiger partial charge is 0.408 e. The van der Waals surface area contributed by atoms with E-state index in [-0.39, 0.29) is 40.5 Å². The van der Waals surface area contributed by atoms with Gasteiger partial charge in [-0.2, -0.15) is 0 Å². The van der Waals surface area contributed by atoms with Crippen LogP contribution in [0.3, 0.4) is 0 Å². The molecule has 2 aliphatic rings. The van der Waals surface area contributed by atoms with Gasteiger partial charge in [0.25, 0.3) is 0 Å². The summed E-state index contributed by atoms with van der Waals surface area (Å²) in [5, 5.41) is 14.2. The van der Waals surface area contributed by atoms with Crippen molar-refractivity contribution < 1.29 is 47.3 Å². The van der Waals surface area contributed by atoms with Crippen LogP contribution in [0.25, 0.3) is 10.9 Å². The van der Waals surface area contributed by atoms with Crippen LogP contribution in [0.15, 0.2) is 28.5 Å². The molecule has 1 saturated carbocycles. The molecule has 0 spiro atoms. The third-order valence-corrected chi connectivity index (χ3v) is 7.78. The number of alkyl carbamates (subject to hydrolysis) is 1. The van der Waals surface area contributed by atoms with E-state index in [0.29, 0.717) is 19.4 Å². The van der Waals surface area contributed by atoms with E-state index < -0.39 is 76.8 Å². The van der Waals surface area contributed by atoms with Gasteiger partial charge in [-0.15, -0.1) is 0 Å². The maximum absolute atomic E-state index is 15.8. The molecule has 2 fully saturated rings. The van der Waals surface area contributed by atoms with Crippen LogP contribution in [0.2, 0.25) is 0 Å². The number of piperidine rings is 1. The van der Waals surface area contributed by atoms with E-state index in [1.54, 1.807) is 51.0 Å². The number of rotatable bonds is 10. The van der Waals surface area contributed by atoms with Crippen molar-refractivity contribution in [3.8, 4) is 5.75 Å². The number of nitrogens with zero attached hydrogens (tertiary/aromatic N) is 2. The van der Waals surface area contributed by atoms with Gasteiger partial charge in [-0.25, -0.2) is 18.4 Å². The second-order valence-electron chi connectivity index (χ2n) is 14.2.